The van der Waals surface area contributed by atoms with Crippen molar-refractivity contribution in [2.75, 3.05) is 6.26 Å². The van der Waals surface area contributed by atoms with E-state index in [0.29, 0.717) is 11.6 Å². The van der Waals surface area contributed by atoms with Crippen molar-refractivity contribution in [3.8, 4) is 11.6 Å². The second-order valence-electron chi connectivity index (χ2n) is 3.52. The molecule has 1 aromatic heterocycles. The minimum absolute atomic E-state index is 0.212. The zero-order chi connectivity index (χ0) is 13.2. The topological polar surface area (TPSA) is 69.2 Å². The van der Waals surface area contributed by atoms with Crippen LogP contribution in [0.15, 0.2) is 41.7 Å². The lowest BCUT2D eigenvalue weighted by Gasteiger charge is -2.06. The van der Waals surface area contributed by atoms with Crippen molar-refractivity contribution < 1.29 is 13.2 Å². The van der Waals surface area contributed by atoms with Gasteiger partial charge < -0.3 is 4.74 Å². The molecule has 0 atom stereocenters. The molecule has 0 radical (unpaired) electrons. The van der Waals surface area contributed by atoms with Gasteiger partial charge in [0, 0.05) is 12.5 Å². The van der Waals surface area contributed by atoms with Crippen molar-refractivity contribution in [1.82, 2.24) is 9.97 Å². The van der Waals surface area contributed by atoms with Gasteiger partial charge in [-0.3, -0.25) is 0 Å². The Hall–Kier alpha value is -1.22. The Labute approximate surface area is 118 Å². The highest BCUT2D eigenvalue weighted by Crippen LogP contribution is 2.25. The van der Waals surface area contributed by atoms with Crippen LogP contribution in [-0.2, 0) is 9.84 Å². The van der Waals surface area contributed by atoms with Gasteiger partial charge in [0.25, 0.3) is 0 Å². The Morgan fingerprint density at radius 1 is 1.33 bits per heavy atom. The number of aromatic nitrogens is 2. The summed E-state index contributed by atoms with van der Waals surface area (Å²) in [5, 5.41) is 0. The first-order valence-corrected chi connectivity index (χ1v) is 7.87. The predicted octanol–water partition coefficient (Wildman–Crippen LogP) is 2.28. The number of hydrogen-bond acceptors (Lipinski definition) is 5. The summed E-state index contributed by atoms with van der Waals surface area (Å²) in [4.78, 5) is 8.04. The highest BCUT2D eigenvalue weighted by molar-refractivity contribution is 14.1. The minimum Gasteiger partial charge on any atom is -0.438 e. The van der Waals surface area contributed by atoms with Crippen LogP contribution >= 0.6 is 22.6 Å². The van der Waals surface area contributed by atoms with Crippen LogP contribution in [-0.4, -0.2) is 24.6 Å². The molecule has 1 heterocycles. The van der Waals surface area contributed by atoms with Crippen molar-refractivity contribution in [3.05, 3.63) is 40.4 Å². The van der Waals surface area contributed by atoms with Crippen LogP contribution in [0.2, 0.25) is 0 Å². The van der Waals surface area contributed by atoms with Gasteiger partial charge >= 0.3 is 0 Å². The molecular weight excluding hydrogens is 367 g/mol. The van der Waals surface area contributed by atoms with Crippen LogP contribution in [0.3, 0.4) is 0 Å². The highest BCUT2D eigenvalue weighted by Gasteiger charge is 2.09. The van der Waals surface area contributed by atoms with E-state index >= 15 is 0 Å². The maximum atomic E-state index is 11.4. The molecule has 0 N–H and O–H groups in total. The summed E-state index contributed by atoms with van der Waals surface area (Å²) in [6, 6.07) is 6.29. The molecule has 7 heteroatoms. The Balaban J connectivity index is 2.34. The molecule has 1 aromatic carbocycles. The number of hydrogen-bond donors (Lipinski definition) is 0. The lowest BCUT2D eigenvalue weighted by Crippen LogP contribution is -1.98. The second-order valence-corrected chi connectivity index (χ2v) is 6.70. The summed E-state index contributed by atoms with van der Waals surface area (Å²) in [5.74, 6) is 0.825. The third-order valence-electron chi connectivity index (χ3n) is 2.08. The molecule has 0 amide bonds. The van der Waals surface area contributed by atoms with E-state index in [9.17, 15) is 8.42 Å². The number of benzene rings is 1. The first-order chi connectivity index (χ1) is 8.47. The van der Waals surface area contributed by atoms with Crippen molar-refractivity contribution in [1.29, 1.82) is 0 Å². The van der Waals surface area contributed by atoms with Crippen molar-refractivity contribution in [3.63, 3.8) is 0 Å². The number of sulfone groups is 1. The van der Waals surface area contributed by atoms with Crippen LogP contribution in [0.25, 0.3) is 0 Å². The van der Waals surface area contributed by atoms with Crippen molar-refractivity contribution in [2.24, 2.45) is 0 Å². The largest absolute Gasteiger partial charge is 0.438 e. The van der Waals surface area contributed by atoms with Gasteiger partial charge in [0.05, 0.1) is 8.47 Å². The highest BCUT2D eigenvalue weighted by atomic mass is 127. The first-order valence-electron chi connectivity index (χ1n) is 4.90. The Morgan fingerprint density at radius 3 is 2.78 bits per heavy atom. The van der Waals surface area contributed by atoms with E-state index in [-0.39, 0.29) is 4.90 Å². The molecule has 5 nitrogen and oxygen atoms in total. The van der Waals surface area contributed by atoms with Crippen LogP contribution in [0, 0.1) is 3.57 Å². The molecule has 0 fully saturated rings. The van der Waals surface area contributed by atoms with E-state index in [0.717, 1.165) is 9.83 Å². The van der Waals surface area contributed by atoms with Crippen LogP contribution < -0.4 is 4.74 Å². The fourth-order valence-corrected chi connectivity index (χ4v) is 2.32. The van der Waals surface area contributed by atoms with Crippen molar-refractivity contribution in [2.45, 2.75) is 4.90 Å². The molecule has 0 aliphatic rings. The van der Waals surface area contributed by atoms with Gasteiger partial charge in [-0.2, -0.15) is 0 Å². The van der Waals surface area contributed by atoms with E-state index in [1.807, 2.05) is 22.6 Å². The number of nitrogens with zero attached hydrogens (tertiary/aromatic N) is 2. The van der Waals surface area contributed by atoms with Crippen LogP contribution in [0.1, 0.15) is 0 Å². The average molecular weight is 376 g/mol. The summed E-state index contributed by atoms with van der Waals surface area (Å²) in [6.07, 6.45) is 4.14. The van der Waals surface area contributed by atoms with Gasteiger partial charge in [-0.25, -0.2) is 18.4 Å². The molecule has 2 rings (SSSR count). The van der Waals surface area contributed by atoms with Gasteiger partial charge in [-0.15, -0.1) is 0 Å². The van der Waals surface area contributed by atoms with Crippen molar-refractivity contribution >= 4 is 32.4 Å². The first kappa shape index (κ1) is 13.2. The number of halogens is 1. The summed E-state index contributed by atoms with van der Waals surface area (Å²) < 4.78 is 29.1. The average Bonchev–Trinajstić information content (AvgIpc) is 2.31. The normalized spacial score (nSPS) is 11.2. The zero-order valence-electron chi connectivity index (χ0n) is 9.37. The molecule has 0 saturated carbocycles. The molecule has 94 valence electrons. The molecule has 0 unspecified atom stereocenters. The Kier molecular flexibility index (Phi) is 3.81. The maximum absolute atomic E-state index is 11.4. The quantitative estimate of drug-likeness (QED) is 0.769. The standard InChI is InChI=1S/C11H9IN2O3S/c1-18(15,16)9-4-2-3-8(5-9)17-11-10(12)6-13-7-14-11/h2-7H,1H3. The van der Waals surface area contributed by atoms with Crippen LogP contribution in [0.5, 0.6) is 11.6 Å². The fraction of sp³-hybridized carbons (Fsp3) is 0.0909. The summed E-state index contributed by atoms with van der Waals surface area (Å²) in [5.41, 5.74) is 0. The lowest BCUT2D eigenvalue weighted by atomic mass is 10.3. The Bertz CT molecular complexity index is 673. The minimum atomic E-state index is -3.24. The molecule has 0 aliphatic heterocycles. The molecule has 18 heavy (non-hydrogen) atoms. The Morgan fingerprint density at radius 2 is 2.11 bits per heavy atom. The van der Waals surface area contributed by atoms with E-state index in [2.05, 4.69) is 9.97 Å². The zero-order valence-corrected chi connectivity index (χ0v) is 12.3. The third-order valence-corrected chi connectivity index (χ3v) is 3.93. The predicted molar refractivity (Wildman–Crippen MR) is 74.4 cm³/mol. The monoisotopic (exact) mass is 376 g/mol. The molecule has 2 aromatic rings. The molecular formula is C11H9IN2O3S. The van der Waals surface area contributed by atoms with E-state index in [4.69, 9.17) is 4.74 Å². The summed E-state index contributed by atoms with van der Waals surface area (Å²) in [6.45, 7) is 0. The van der Waals surface area contributed by atoms with Gasteiger partial charge in [0.1, 0.15) is 12.1 Å². The third kappa shape index (κ3) is 3.16. The van der Waals surface area contributed by atoms with Crippen LogP contribution in [0.4, 0.5) is 0 Å². The van der Waals surface area contributed by atoms with Gasteiger partial charge in [-0.05, 0) is 40.8 Å². The maximum Gasteiger partial charge on any atom is 0.235 e. The number of rotatable bonds is 3. The van der Waals surface area contributed by atoms with E-state index < -0.39 is 9.84 Å². The second kappa shape index (κ2) is 5.19. The molecule has 0 spiro atoms. The van der Waals surface area contributed by atoms with Gasteiger partial charge in [0.15, 0.2) is 9.84 Å². The van der Waals surface area contributed by atoms with E-state index in [1.54, 1.807) is 18.3 Å². The van der Waals surface area contributed by atoms with Gasteiger partial charge in [-0.1, -0.05) is 6.07 Å². The lowest BCUT2D eigenvalue weighted by molar-refractivity contribution is 0.456. The number of ether oxygens (including phenoxy) is 1. The fourth-order valence-electron chi connectivity index (χ4n) is 1.26. The molecule has 0 aliphatic carbocycles. The molecule has 0 bridgehead atoms. The smallest absolute Gasteiger partial charge is 0.235 e. The van der Waals surface area contributed by atoms with Gasteiger partial charge in [0.2, 0.25) is 5.88 Å². The SMILES string of the molecule is CS(=O)(=O)c1cccc(Oc2ncncc2I)c1. The summed E-state index contributed by atoms with van der Waals surface area (Å²) in [7, 11) is -3.24. The van der Waals surface area contributed by atoms with E-state index in [1.165, 1.54) is 18.5 Å². The summed E-state index contributed by atoms with van der Waals surface area (Å²) >= 11 is 2.04. The molecule has 0 saturated heterocycles.